The summed E-state index contributed by atoms with van der Waals surface area (Å²) in [6.07, 6.45) is 3.30. The summed E-state index contributed by atoms with van der Waals surface area (Å²) in [4.78, 5) is 38.1. The third kappa shape index (κ3) is 2.67. The van der Waals surface area contributed by atoms with Crippen molar-refractivity contribution in [3.63, 3.8) is 0 Å². The average Bonchev–Trinajstić information content (AvgIpc) is 2.76. The molecule has 1 aliphatic carbocycles. The van der Waals surface area contributed by atoms with Crippen LogP contribution in [0.4, 0.5) is 5.69 Å². The van der Waals surface area contributed by atoms with E-state index in [-0.39, 0.29) is 29.9 Å². The van der Waals surface area contributed by atoms with Crippen LogP contribution in [0.1, 0.15) is 32.1 Å². The van der Waals surface area contributed by atoms with Gasteiger partial charge in [0.15, 0.2) is 0 Å². The van der Waals surface area contributed by atoms with E-state index >= 15 is 0 Å². The molecule has 1 saturated heterocycles. The fraction of sp³-hybridized carbons (Fsp3) is 0.438. The zero-order chi connectivity index (χ0) is 15.0. The van der Waals surface area contributed by atoms with Crippen LogP contribution >= 0.6 is 15.9 Å². The number of carbonyl (C=O) groups excluding carboxylic acids is 3. The largest absolute Gasteiger partial charge is 0.299 e. The van der Waals surface area contributed by atoms with Gasteiger partial charge in [0.1, 0.15) is 5.78 Å². The van der Waals surface area contributed by atoms with Crippen LogP contribution in [0.3, 0.4) is 0 Å². The molecule has 5 heteroatoms. The lowest BCUT2D eigenvalue weighted by molar-refractivity contribution is -0.132. The molecule has 1 heterocycles. The molecule has 2 aliphatic rings. The number of rotatable bonds is 2. The van der Waals surface area contributed by atoms with E-state index in [1.807, 2.05) is 0 Å². The van der Waals surface area contributed by atoms with Crippen molar-refractivity contribution in [1.29, 1.82) is 0 Å². The maximum Gasteiger partial charge on any atom is 0.238 e. The van der Waals surface area contributed by atoms with Crippen molar-refractivity contribution in [3.8, 4) is 0 Å². The number of ketones is 1. The summed E-state index contributed by atoms with van der Waals surface area (Å²) in [5, 5.41) is 0. The highest BCUT2D eigenvalue weighted by Crippen LogP contribution is 2.36. The molecule has 1 saturated carbocycles. The number of Topliss-reactive ketones (excluding diaryl/α,β-unsaturated/α-hetero) is 1. The molecule has 1 aliphatic heterocycles. The van der Waals surface area contributed by atoms with Gasteiger partial charge in [-0.2, -0.15) is 0 Å². The predicted molar refractivity (Wildman–Crippen MR) is 81.7 cm³/mol. The number of benzene rings is 1. The molecule has 2 unspecified atom stereocenters. The summed E-state index contributed by atoms with van der Waals surface area (Å²) in [5.74, 6) is -1.01. The number of imide groups is 1. The van der Waals surface area contributed by atoms with Gasteiger partial charge in [0.25, 0.3) is 0 Å². The summed E-state index contributed by atoms with van der Waals surface area (Å²) < 4.78 is 0.893. The Bertz CT molecular complexity index is 596. The second-order valence-electron chi connectivity index (χ2n) is 5.67. The van der Waals surface area contributed by atoms with Gasteiger partial charge in [-0.05, 0) is 37.1 Å². The summed E-state index contributed by atoms with van der Waals surface area (Å²) >= 11 is 3.33. The first-order chi connectivity index (χ1) is 10.1. The number of nitrogens with zero attached hydrogens (tertiary/aromatic N) is 1. The normalized spacial score (nSPS) is 26.5. The topological polar surface area (TPSA) is 54.5 Å². The molecule has 0 spiro atoms. The molecule has 0 aromatic heterocycles. The van der Waals surface area contributed by atoms with E-state index in [1.165, 1.54) is 4.90 Å². The van der Waals surface area contributed by atoms with Crippen LogP contribution in [0.2, 0.25) is 0 Å². The molecule has 21 heavy (non-hydrogen) atoms. The molecule has 2 fully saturated rings. The molecule has 2 atom stereocenters. The van der Waals surface area contributed by atoms with Crippen molar-refractivity contribution >= 4 is 39.2 Å². The Hall–Kier alpha value is -1.49. The maximum absolute atomic E-state index is 12.6. The lowest BCUT2D eigenvalue weighted by Gasteiger charge is -2.24. The van der Waals surface area contributed by atoms with Gasteiger partial charge < -0.3 is 0 Å². The van der Waals surface area contributed by atoms with Gasteiger partial charge in [-0.15, -0.1) is 0 Å². The highest BCUT2D eigenvalue weighted by molar-refractivity contribution is 9.10. The van der Waals surface area contributed by atoms with Crippen LogP contribution < -0.4 is 4.90 Å². The molecule has 110 valence electrons. The van der Waals surface area contributed by atoms with Gasteiger partial charge in [-0.1, -0.05) is 22.4 Å². The fourth-order valence-corrected chi connectivity index (χ4v) is 3.53. The van der Waals surface area contributed by atoms with E-state index in [0.717, 1.165) is 23.7 Å². The summed E-state index contributed by atoms with van der Waals surface area (Å²) in [6, 6.07) is 7.08. The number of anilines is 1. The minimum absolute atomic E-state index is 0.144. The van der Waals surface area contributed by atoms with E-state index in [0.29, 0.717) is 12.1 Å². The van der Waals surface area contributed by atoms with Crippen molar-refractivity contribution in [1.82, 2.24) is 0 Å². The van der Waals surface area contributed by atoms with E-state index in [9.17, 15) is 14.4 Å². The zero-order valence-corrected chi connectivity index (χ0v) is 13.1. The number of carbonyl (C=O) groups is 3. The SMILES string of the molecule is O=C1CCCCC1C1CC(=O)N(c2ccc(Br)cc2)C1=O. The first-order valence-electron chi connectivity index (χ1n) is 7.23. The van der Waals surface area contributed by atoms with Crippen molar-refractivity contribution in [2.24, 2.45) is 11.8 Å². The van der Waals surface area contributed by atoms with Crippen LogP contribution in [-0.2, 0) is 14.4 Å². The van der Waals surface area contributed by atoms with Gasteiger partial charge in [0, 0.05) is 23.2 Å². The van der Waals surface area contributed by atoms with Crippen molar-refractivity contribution < 1.29 is 14.4 Å². The first-order valence-corrected chi connectivity index (χ1v) is 8.02. The zero-order valence-electron chi connectivity index (χ0n) is 11.5. The van der Waals surface area contributed by atoms with E-state index in [2.05, 4.69) is 15.9 Å². The Balaban J connectivity index is 1.85. The highest BCUT2D eigenvalue weighted by atomic mass is 79.9. The van der Waals surface area contributed by atoms with Crippen molar-refractivity contribution in [3.05, 3.63) is 28.7 Å². The minimum atomic E-state index is -0.464. The average molecular weight is 350 g/mol. The first kappa shape index (κ1) is 14.4. The third-order valence-electron chi connectivity index (χ3n) is 4.35. The molecule has 2 amide bonds. The summed E-state index contributed by atoms with van der Waals surface area (Å²) in [6.45, 7) is 0. The number of hydrogen-bond acceptors (Lipinski definition) is 3. The van der Waals surface area contributed by atoms with Crippen LogP contribution in [0.25, 0.3) is 0 Å². The van der Waals surface area contributed by atoms with Crippen molar-refractivity contribution in [2.45, 2.75) is 32.1 Å². The molecule has 1 aromatic rings. The molecular weight excluding hydrogens is 334 g/mol. The molecule has 1 aromatic carbocycles. The summed E-state index contributed by atoms with van der Waals surface area (Å²) in [7, 11) is 0. The fourth-order valence-electron chi connectivity index (χ4n) is 3.27. The summed E-state index contributed by atoms with van der Waals surface area (Å²) in [5.41, 5.74) is 0.582. The van der Waals surface area contributed by atoms with Gasteiger partial charge in [0.05, 0.1) is 11.6 Å². The minimum Gasteiger partial charge on any atom is -0.299 e. The van der Waals surface area contributed by atoms with Gasteiger partial charge in [-0.3, -0.25) is 19.3 Å². The number of amides is 2. The Morgan fingerprint density at radius 3 is 2.38 bits per heavy atom. The molecular formula is C16H16BrNO3. The van der Waals surface area contributed by atoms with Crippen molar-refractivity contribution in [2.75, 3.05) is 4.90 Å². The Kier molecular flexibility index (Phi) is 3.93. The van der Waals surface area contributed by atoms with Gasteiger partial charge in [-0.25, -0.2) is 0 Å². The quantitative estimate of drug-likeness (QED) is 0.771. The standard InChI is InChI=1S/C16H16BrNO3/c17-10-5-7-11(8-6-10)18-15(20)9-13(16(18)21)12-3-1-2-4-14(12)19/h5-8,12-13H,1-4,9H2. The highest BCUT2D eigenvalue weighted by Gasteiger charge is 2.46. The van der Waals surface area contributed by atoms with Crippen LogP contribution in [0, 0.1) is 11.8 Å². The lowest BCUT2D eigenvalue weighted by atomic mass is 9.78. The smallest absolute Gasteiger partial charge is 0.238 e. The molecule has 0 radical (unpaired) electrons. The predicted octanol–water partition coefficient (Wildman–Crippen LogP) is 3.09. The monoisotopic (exact) mass is 349 g/mol. The van der Waals surface area contributed by atoms with Crippen LogP contribution in [0.15, 0.2) is 28.7 Å². The van der Waals surface area contributed by atoms with E-state index in [4.69, 9.17) is 0 Å². The van der Waals surface area contributed by atoms with E-state index < -0.39 is 5.92 Å². The third-order valence-corrected chi connectivity index (χ3v) is 4.88. The van der Waals surface area contributed by atoms with Crippen LogP contribution in [0.5, 0.6) is 0 Å². The number of halogens is 1. The lowest BCUT2D eigenvalue weighted by Crippen LogP contribution is -2.35. The maximum atomic E-state index is 12.6. The Labute approximate surface area is 131 Å². The molecule has 0 bridgehead atoms. The van der Waals surface area contributed by atoms with E-state index in [1.54, 1.807) is 24.3 Å². The Morgan fingerprint density at radius 1 is 1.00 bits per heavy atom. The molecule has 3 rings (SSSR count). The number of hydrogen-bond donors (Lipinski definition) is 0. The Morgan fingerprint density at radius 2 is 1.71 bits per heavy atom. The molecule has 4 nitrogen and oxygen atoms in total. The molecule has 0 N–H and O–H groups in total. The van der Waals surface area contributed by atoms with Gasteiger partial charge in [0.2, 0.25) is 11.8 Å². The van der Waals surface area contributed by atoms with Crippen LogP contribution in [-0.4, -0.2) is 17.6 Å². The second-order valence-corrected chi connectivity index (χ2v) is 6.59. The van der Waals surface area contributed by atoms with Gasteiger partial charge >= 0.3 is 0 Å². The second kappa shape index (κ2) is 5.72.